The third-order valence-corrected chi connectivity index (χ3v) is 2.76. The van der Waals surface area contributed by atoms with E-state index < -0.39 is 0 Å². The first kappa shape index (κ1) is 11.8. The van der Waals surface area contributed by atoms with E-state index in [2.05, 4.69) is 0 Å². The lowest BCUT2D eigenvalue weighted by molar-refractivity contribution is -0.0503. The fourth-order valence-corrected chi connectivity index (χ4v) is 1.69. The highest BCUT2D eigenvalue weighted by atomic mass is 16.7. The first-order chi connectivity index (χ1) is 8.24. The Hall–Kier alpha value is -1.68. The van der Waals surface area contributed by atoms with Gasteiger partial charge in [0.25, 0.3) is 0 Å². The molecule has 2 aliphatic carbocycles. The molecule has 0 aliphatic heterocycles. The van der Waals surface area contributed by atoms with Crippen molar-refractivity contribution in [3.63, 3.8) is 0 Å². The summed E-state index contributed by atoms with van der Waals surface area (Å²) in [5, 5.41) is 0. The minimum absolute atomic E-state index is 0.0621. The number of hydrogen-bond donors (Lipinski definition) is 2. The Labute approximate surface area is 101 Å². The van der Waals surface area contributed by atoms with Gasteiger partial charge in [0.15, 0.2) is 6.79 Å². The summed E-state index contributed by atoms with van der Waals surface area (Å²) in [5.41, 5.74) is 13.0. The van der Waals surface area contributed by atoms with E-state index in [9.17, 15) is 0 Å². The van der Waals surface area contributed by atoms with Gasteiger partial charge in [-0.25, -0.2) is 0 Å². The van der Waals surface area contributed by atoms with Crippen molar-refractivity contribution < 1.29 is 9.47 Å². The van der Waals surface area contributed by atoms with Gasteiger partial charge in [0, 0.05) is 17.8 Å². The SMILES string of the molecule is NC1=CCC(OCOC2=CC=C(N)CC2)C=C1. The summed E-state index contributed by atoms with van der Waals surface area (Å²) >= 11 is 0. The van der Waals surface area contributed by atoms with Gasteiger partial charge in [0.1, 0.15) is 0 Å². The van der Waals surface area contributed by atoms with Crippen LogP contribution in [0.4, 0.5) is 0 Å². The molecular formula is C13H18N2O2. The van der Waals surface area contributed by atoms with Crippen molar-refractivity contribution in [2.24, 2.45) is 11.5 Å². The van der Waals surface area contributed by atoms with Crippen molar-refractivity contribution in [2.45, 2.75) is 25.4 Å². The van der Waals surface area contributed by atoms with E-state index in [1.165, 1.54) is 0 Å². The fraction of sp³-hybridized carbons (Fsp3) is 0.385. The summed E-state index contributed by atoms with van der Waals surface area (Å²) in [4.78, 5) is 0. The Morgan fingerprint density at radius 2 is 2.12 bits per heavy atom. The van der Waals surface area contributed by atoms with Gasteiger partial charge in [-0.3, -0.25) is 0 Å². The van der Waals surface area contributed by atoms with Gasteiger partial charge in [-0.1, -0.05) is 12.2 Å². The van der Waals surface area contributed by atoms with Crippen molar-refractivity contribution in [1.82, 2.24) is 0 Å². The molecule has 17 heavy (non-hydrogen) atoms. The molecule has 0 aromatic heterocycles. The quantitative estimate of drug-likeness (QED) is 0.726. The first-order valence-corrected chi connectivity index (χ1v) is 5.77. The minimum atomic E-state index is 0.0621. The van der Waals surface area contributed by atoms with Gasteiger partial charge < -0.3 is 20.9 Å². The molecule has 0 spiro atoms. The van der Waals surface area contributed by atoms with Crippen LogP contribution in [0, 0.1) is 0 Å². The smallest absolute Gasteiger partial charge is 0.189 e. The van der Waals surface area contributed by atoms with Gasteiger partial charge in [0.2, 0.25) is 0 Å². The topological polar surface area (TPSA) is 70.5 Å². The molecule has 0 saturated heterocycles. The Balaban J connectivity index is 1.69. The number of rotatable bonds is 4. The summed E-state index contributed by atoms with van der Waals surface area (Å²) in [6, 6.07) is 0. The monoisotopic (exact) mass is 234 g/mol. The third kappa shape index (κ3) is 3.67. The molecule has 2 rings (SSSR count). The molecule has 0 aromatic rings. The molecule has 1 unspecified atom stereocenters. The van der Waals surface area contributed by atoms with E-state index in [0.29, 0.717) is 0 Å². The lowest BCUT2D eigenvalue weighted by atomic mass is 10.1. The first-order valence-electron chi connectivity index (χ1n) is 5.77. The van der Waals surface area contributed by atoms with Gasteiger partial charge in [-0.15, -0.1) is 0 Å². The number of allylic oxidation sites excluding steroid dienone is 5. The summed E-state index contributed by atoms with van der Waals surface area (Å²) in [6.07, 6.45) is 12.1. The molecule has 1 atom stereocenters. The summed E-state index contributed by atoms with van der Waals surface area (Å²) < 4.78 is 11.1. The third-order valence-electron chi connectivity index (χ3n) is 2.76. The summed E-state index contributed by atoms with van der Waals surface area (Å²) in [6.45, 7) is 0.266. The van der Waals surface area contributed by atoms with Gasteiger partial charge in [0.05, 0.1) is 11.9 Å². The summed E-state index contributed by atoms with van der Waals surface area (Å²) in [5.74, 6) is 0.925. The number of hydrogen-bond acceptors (Lipinski definition) is 4. The zero-order valence-electron chi connectivity index (χ0n) is 9.76. The molecule has 92 valence electrons. The Bertz CT molecular complexity index is 394. The molecule has 0 saturated carbocycles. The van der Waals surface area contributed by atoms with Crippen LogP contribution in [0.2, 0.25) is 0 Å². The van der Waals surface area contributed by atoms with Crippen LogP contribution < -0.4 is 11.5 Å². The Morgan fingerprint density at radius 3 is 2.76 bits per heavy atom. The van der Waals surface area contributed by atoms with Crippen LogP contribution in [0.5, 0.6) is 0 Å². The molecule has 0 radical (unpaired) electrons. The Morgan fingerprint density at radius 1 is 1.24 bits per heavy atom. The van der Waals surface area contributed by atoms with E-state index in [1.807, 2.05) is 30.4 Å². The highest BCUT2D eigenvalue weighted by Gasteiger charge is 2.09. The highest BCUT2D eigenvalue weighted by Crippen LogP contribution is 2.17. The molecule has 0 bridgehead atoms. The van der Waals surface area contributed by atoms with Crippen molar-refractivity contribution in [3.8, 4) is 0 Å². The van der Waals surface area contributed by atoms with E-state index in [1.54, 1.807) is 0 Å². The van der Waals surface area contributed by atoms with Crippen LogP contribution >= 0.6 is 0 Å². The molecule has 4 nitrogen and oxygen atoms in total. The van der Waals surface area contributed by atoms with Crippen molar-refractivity contribution in [3.05, 3.63) is 47.5 Å². The highest BCUT2D eigenvalue weighted by molar-refractivity contribution is 5.21. The normalized spacial score (nSPS) is 23.8. The van der Waals surface area contributed by atoms with Crippen LogP contribution in [0.1, 0.15) is 19.3 Å². The second-order valence-corrected chi connectivity index (χ2v) is 4.14. The maximum Gasteiger partial charge on any atom is 0.189 e. The van der Waals surface area contributed by atoms with Crippen LogP contribution in [0.25, 0.3) is 0 Å². The second-order valence-electron chi connectivity index (χ2n) is 4.14. The second kappa shape index (κ2) is 5.59. The average molecular weight is 234 g/mol. The zero-order valence-corrected chi connectivity index (χ0v) is 9.76. The molecule has 0 amide bonds. The van der Waals surface area contributed by atoms with E-state index in [0.717, 1.165) is 36.4 Å². The van der Waals surface area contributed by atoms with Gasteiger partial charge in [-0.05, 0) is 31.1 Å². The fourth-order valence-electron chi connectivity index (χ4n) is 1.69. The molecule has 0 aromatic carbocycles. The van der Waals surface area contributed by atoms with E-state index >= 15 is 0 Å². The predicted molar refractivity (Wildman–Crippen MR) is 66.4 cm³/mol. The largest absolute Gasteiger partial charge is 0.472 e. The molecular weight excluding hydrogens is 216 g/mol. The molecule has 0 heterocycles. The molecule has 0 fully saturated rings. The number of nitrogens with two attached hydrogens (primary N) is 2. The van der Waals surface area contributed by atoms with Crippen LogP contribution in [-0.2, 0) is 9.47 Å². The molecule has 2 aliphatic rings. The van der Waals surface area contributed by atoms with Gasteiger partial charge >= 0.3 is 0 Å². The van der Waals surface area contributed by atoms with Crippen LogP contribution in [-0.4, -0.2) is 12.9 Å². The van der Waals surface area contributed by atoms with Crippen molar-refractivity contribution in [1.29, 1.82) is 0 Å². The van der Waals surface area contributed by atoms with Crippen molar-refractivity contribution >= 4 is 0 Å². The van der Waals surface area contributed by atoms with Crippen LogP contribution in [0.3, 0.4) is 0 Å². The maximum absolute atomic E-state index is 5.66. The summed E-state index contributed by atoms with van der Waals surface area (Å²) in [7, 11) is 0. The van der Waals surface area contributed by atoms with E-state index in [4.69, 9.17) is 20.9 Å². The predicted octanol–water partition coefficient (Wildman–Crippen LogP) is 1.67. The maximum atomic E-state index is 5.66. The lowest BCUT2D eigenvalue weighted by Gasteiger charge is -2.18. The standard InChI is InChI=1S/C13H18N2O2/c14-10-1-5-12(6-2-10)16-9-17-13-7-3-11(15)4-8-13/h1-3,5,7,12H,4,6,8-9,14-15H2. The average Bonchev–Trinajstić information content (AvgIpc) is 2.34. The van der Waals surface area contributed by atoms with Gasteiger partial charge in [-0.2, -0.15) is 0 Å². The van der Waals surface area contributed by atoms with Crippen LogP contribution in [0.15, 0.2) is 47.5 Å². The minimum Gasteiger partial charge on any atom is -0.472 e. The molecule has 4 heteroatoms. The molecule has 4 N–H and O–H groups in total. The lowest BCUT2D eigenvalue weighted by Crippen LogP contribution is -2.15. The Kier molecular flexibility index (Phi) is 3.88. The van der Waals surface area contributed by atoms with E-state index in [-0.39, 0.29) is 12.9 Å². The van der Waals surface area contributed by atoms with Crippen molar-refractivity contribution in [2.75, 3.05) is 6.79 Å². The number of ether oxygens (including phenoxy) is 2. The zero-order chi connectivity index (χ0) is 12.1.